The topological polar surface area (TPSA) is 17.1 Å². The van der Waals surface area contributed by atoms with Crippen LogP contribution in [0.4, 0.5) is 0 Å². The fourth-order valence-corrected chi connectivity index (χ4v) is 1.81. The van der Waals surface area contributed by atoms with Gasteiger partial charge < -0.3 is 0 Å². The molecule has 0 N–H and O–H groups in total. The van der Waals surface area contributed by atoms with Crippen molar-refractivity contribution in [2.75, 3.05) is 0 Å². The van der Waals surface area contributed by atoms with Crippen LogP contribution in [-0.2, 0) is 0 Å². The molecule has 0 aromatic heterocycles. The van der Waals surface area contributed by atoms with Gasteiger partial charge in [-0.25, -0.2) is 0 Å². The standard InChI is InChI=1S/C14H10Cl2O/c1-9-2-4-10(5-3-9)14(17)11-6-7-12(15)13(16)8-11/h2-8H,1H3. The average molecular weight is 265 g/mol. The maximum Gasteiger partial charge on any atom is 0.193 e. The van der Waals surface area contributed by atoms with E-state index in [1.165, 1.54) is 0 Å². The van der Waals surface area contributed by atoms with Gasteiger partial charge in [0.2, 0.25) is 0 Å². The van der Waals surface area contributed by atoms with Gasteiger partial charge in [0, 0.05) is 11.1 Å². The fraction of sp³-hybridized carbons (Fsp3) is 0.0714. The third-order valence-electron chi connectivity index (χ3n) is 2.50. The normalized spacial score (nSPS) is 10.3. The molecule has 0 amide bonds. The largest absolute Gasteiger partial charge is 0.289 e. The SMILES string of the molecule is Cc1ccc(C(=O)c2ccc(Cl)c(Cl)c2)cc1. The van der Waals surface area contributed by atoms with Gasteiger partial charge in [0.15, 0.2) is 5.78 Å². The molecule has 0 atom stereocenters. The summed E-state index contributed by atoms with van der Waals surface area (Å²) in [5, 5.41) is 0.844. The molecule has 0 saturated carbocycles. The number of hydrogen-bond acceptors (Lipinski definition) is 1. The fourth-order valence-electron chi connectivity index (χ4n) is 1.51. The molecule has 0 heterocycles. The molecular formula is C14H10Cl2O. The lowest BCUT2D eigenvalue weighted by Crippen LogP contribution is -2.00. The lowest BCUT2D eigenvalue weighted by atomic mass is 10.0. The first-order valence-electron chi connectivity index (χ1n) is 5.14. The second-order valence-corrected chi connectivity index (χ2v) is 4.64. The van der Waals surface area contributed by atoms with Crippen molar-refractivity contribution in [2.24, 2.45) is 0 Å². The zero-order valence-electron chi connectivity index (χ0n) is 9.21. The van der Waals surface area contributed by atoms with Gasteiger partial charge in [-0.3, -0.25) is 4.79 Å². The summed E-state index contributed by atoms with van der Waals surface area (Å²) < 4.78 is 0. The molecule has 0 fully saturated rings. The van der Waals surface area contributed by atoms with Crippen molar-refractivity contribution in [1.82, 2.24) is 0 Å². The van der Waals surface area contributed by atoms with E-state index in [1.54, 1.807) is 30.3 Å². The van der Waals surface area contributed by atoms with Crippen LogP contribution >= 0.6 is 23.2 Å². The van der Waals surface area contributed by atoms with E-state index >= 15 is 0 Å². The molecule has 0 saturated heterocycles. The Kier molecular flexibility index (Phi) is 3.51. The van der Waals surface area contributed by atoms with Gasteiger partial charge >= 0.3 is 0 Å². The van der Waals surface area contributed by atoms with Crippen LogP contribution in [0.15, 0.2) is 42.5 Å². The van der Waals surface area contributed by atoms with E-state index in [0.29, 0.717) is 21.2 Å². The Morgan fingerprint density at radius 2 is 1.47 bits per heavy atom. The van der Waals surface area contributed by atoms with Crippen LogP contribution in [0.3, 0.4) is 0 Å². The first-order chi connectivity index (χ1) is 8.08. The van der Waals surface area contributed by atoms with E-state index in [0.717, 1.165) is 5.56 Å². The molecule has 0 unspecified atom stereocenters. The minimum absolute atomic E-state index is 0.0523. The maximum absolute atomic E-state index is 12.1. The van der Waals surface area contributed by atoms with Crippen molar-refractivity contribution >= 4 is 29.0 Å². The lowest BCUT2D eigenvalue weighted by molar-refractivity contribution is 0.103. The molecule has 0 bridgehead atoms. The van der Waals surface area contributed by atoms with E-state index in [1.807, 2.05) is 19.1 Å². The van der Waals surface area contributed by atoms with E-state index in [2.05, 4.69) is 0 Å². The van der Waals surface area contributed by atoms with Crippen LogP contribution in [0.2, 0.25) is 10.0 Å². The summed E-state index contributed by atoms with van der Waals surface area (Å²) in [6.07, 6.45) is 0. The predicted molar refractivity (Wildman–Crippen MR) is 71.1 cm³/mol. The maximum atomic E-state index is 12.1. The Morgan fingerprint density at radius 1 is 0.882 bits per heavy atom. The number of aryl methyl sites for hydroxylation is 1. The quantitative estimate of drug-likeness (QED) is 0.729. The molecule has 0 aliphatic rings. The van der Waals surface area contributed by atoms with E-state index in [9.17, 15) is 4.79 Å². The van der Waals surface area contributed by atoms with Gasteiger partial charge in [-0.15, -0.1) is 0 Å². The second kappa shape index (κ2) is 4.91. The Morgan fingerprint density at radius 3 is 2.06 bits per heavy atom. The summed E-state index contributed by atoms with van der Waals surface area (Å²) in [5.41, 5.74) is 2.31. The van der Waals surface area contributed by atoms with Crippen LogP contribution in [-0.4, -0.2) is 5.78 Å². The number of carbonyl (C=O) groups is 1. The van der Waals surface area contributed by atoms with Crippen LogP contribution in [0.5, 0.6) is 0 Å². The Labute approximate surface area is 110 Å². The molecule has 2 rings (SSSR count). The monoisotopic (exact) mass is 264 g/mol. The molecule has 0 aliphatic carbocycles. The van der Waals surface area contributed by atoms with Gasteiger partial charge in [0.05, 0.1) is 10.0 Å². The van der Waals surface area contributed by atoms with Gasteiger partial charge in [-0.1, -0.05) is 53.0 Å². The van der Waals surface area contributed by atoms with Crippen molar-refractivity contribution in [3.8, 4) is 0 Å². The van der Waals surface area contributed by atoms with Gasteiger partial charge in [-0.2, -0.15) is 0 Å². The van der Waals surface area contributed by atoms with Crippen LogP contribution in [0, 0.1) is 6.92 Å². The van der Waals surface area contributed by atoms with Crippen molar-refractivity contribution < 1.29 is 4.79 Å². The van der Waals surface area contributed by atoms with Crippen molar-refractivity contribution in [3.63, 3.8) is 0 Å². The highest BCUT2D eigenvalue weighted by atomic mass is 35.5. The molecule has 86 valence electrons. The Hall–Kier alpha value is -1.31. The number of hydrogen-bond donors (Lipinski definition) is 0. The highest BCUT2D eigenvalue weighted by molar-refractivity contribution is 6.42. The molecule has 0 spiro atoms. The zero-order chi connectivity index (χ0) is 12.4. The summed E-state index contributed by atoms with van der Waals surface area (Å²) in [5.74, 6) is -0.0523. The van der Waals surface area contributed by atoms with E-state index in [-0.39, 0.29) is 5.78 Å². The second-order valence-electron chi connectivity index (χ2n) is 3.82. The van der Waals surface area contributed by atoms with Crippen LogP contribution in [0.1, 0.15) is 21.5 Å². The minimum Gasteiger partial charge on any atom is -0.289 e. The zero-order valence-corrected chi connectivity index (χ0v) is 10.7. The summed E-state index contributed by atoms with van der Waals surface area (Å²) in [6, 6.07) is 12.3. The van der Waals surface area contributed by atoms with E-state index < -0.39 is 0 Å². The third kappa shape index (κ3) is 2.68. The smallest absolute Gasteiger partial charge is 0.193 e. The molecule has 2 aromatic carbocycles. The number of rotatable bonds is 2. The summed E-state index contributed by atoms with van der Waals surface area (Å²) in [4.78, 5) is 12.1. The highest BCUT2D eigenvalue weighted by Crippen LogP contribution is 2.23. The summed E-state index contributed by atoms with van der Waals surface area (Å²) in [6.45, 7) is 1.98. The van der Waals surface area contributed by atoms with Crippen molar-refractivity contribution in [3.05, 3.63) is 69.2 Å². The number of halogens is 2. The highest BCUT2D eigenvalue weighted by Gasteiger charge is 2.10. The van der Waals surface area contributed by atoms with Crippen LogP contribution in [0.25, 0.3) is 0 Å². The molecule has 17 heavy (non-hydrogen) atoms. The average Bonchev–Trinajstić information content (AvgIpc) is 2.33. The van der Waals surface area contributed by atoms with Gasteiger partial charge in [0.1, 0.15) is 0 Å². The number of ketones is 1. The first kappa shape index (κ1) is 12.2. The molecular weight excluding hydrogens is 255 g/mol. The Balaban J connectivity index is 2.37. The van der Waals surface area contributed by atoms with Gasteiger partial charge in [0.25, 0.3) is 0 Å². The van der Waals surface area contributed by atoms with Crippen molar-refractivity contribution in [1.29, 1.82) is 0 Å². The predicted octanol–water partition coefficient (Wildman–Crippen LogP) is 4.53. The third-order valence-corrected chi connectivity index (χ3v) is 3.23. The number of benzene rings is 2. The summed E-state index contributed by atoms with van der Waals surface area (Å²) >= 11 is 11.7. The molecule has 0 aliphatic heterocycles. The first-order valence-corrected chi connectivity index (χ1v) is 5.90. The van der Waals surface area contributed by atoms with Gasteiger partial charge in [-0.05, 0) is 25.1 Å². The van der Waals surface area contributed by atoms with E-state index in [4.69, 9.17) is 23.2 Å². The van der Waals surface area contributed by atoms with Crippen molar-refractivity contribution in [2.45, 2.75) is 6.92 Å². The molecule has 3 heteroatoms. The molecule has 0 radical (unpaired) electrons. The molecule has 2 aromatic rings. The Bertz CT molecular complexity index is 559. The number of carbonyl (C=O) groups excluding carboxylic acids is 1. The molecule has 1 nitrogen and oxygen atoms in total. The lowest BCUT2D eigenvalue weighted by Gasteiger charge is -2.03. The van der Waals surface area contributed by atoms with Crippen LogP contribution < -0.4 is 0 Å². The summed E-state index contributed by atoms with van der Waals surface area (Å²) in [7, 11) is 0. The minimum atomic E-state index is -0.0523.